The number of aryl methyl sites for hydroxylation is 1. The van der Waals surface area contributed by atoms with Crippen molar-refractivity contribution in [1.29, 1.82) is 0 Å². The molecule has 0 fully saturated rings. The summed E-state index contributed by atoms with van der Waals surface area (Å²) in [4.78, 5) is 23.9. The summed E-state index contributed by atoms with van der Waals surface area (Å²) in [6.07, 6.45) is 2.64. The van der Waals surface area contributed by atoms with Crippen LogP contribution in [0, 0.1) is 0 Å². The Bertz CT molecular complexity index is 841. The molecule has 0 saturated heterocycles. The highest BCUT2D eigenvalue weighted by molar-refractivity contribution is 6.02. The number of amides is 2. The lowest BCUT2D eigenvalue weighted by molar-refractivity contribution is -0.121. The van der Waals surface area contributed by atoms with Crippen LogP contribution in [0.25, 0.3) is 0 Å². The maximum atomic E-state index is 12.0. The van der Waals surface area contributed by atoms with Crippen LogP contribution >= 0.6 is 0 Å². The Morgan fingerprint density at radius 1 is 0.846 bits per heavy atom. The van der Waals surface area contributed by atoms with E-state index in [1.165, 1.54) is 6.26 Å². The molecule has 1 heterocycles. The molecule has 5 nitrogen and oxygen atoms in total. The van der Waals surface area contributed by atoms with Gasteiger partial charge in [0.25, 0.3) is 5.91 Å². The lowest BCUT2D eigenvalue weighted by Gasteiger charge is -2.07. The lowest BCUT2D eigenvalue weighted by atomic mass is 10.1. The first-order valence-corrected chi connectivity index (χ1v) is 8.45. The molecule has 0 aliphatic carbocycles. The summed E-state index contributed by atoms with van der Waals surface area (Å²) in [5, 5.41) is 5.67. The second-order valence-electron chi connectivity index (χ2n) is 5.89. The largest absolute Gasteiger partial charge is 0.459 e. The summed E-state index contributed by atoms with van der Waals surface area (Å²) >= 11 is 0. The van der Waals surface area contributed by atoms with Crippen LogP contribution in [0.2, 0.25) is 0 Å². The fraction of sp³-hybridized carbons (Fsp3) is 0.143. The predicted octanol–water partition coefficient (Wildman–Crippen LogP) is 3.78. The first kappa shape index (κ1) is 17.5. The summed E-state index contributed by atoms with van der Waals surface area (Å²) in [5.74, 6) is -0.0132. The minimum Gasteiger partial charge on any atom is -0.459 e. The van der Waals surface area contributed by atoms with Gasteiger partial charge < -0.3 is 15.1 Å². The highest BCUT2D eigenvalue weighted by Crippen LogP contribution is 2.12. The second-order valence-corrected chi connectivity index (χ2v) is 5.89. The number of hydrogen-bond acceptors (Lipinski definition) is 3. The van der Waals surface area contributed by atoms with Gasteiger partial charge in [0, 0.05) is 18.7 Å². The summed E-state index contributed by atoms with van der Waals surface area (Å²) < 4.78 is 5.05. The van der Waals surface area contributed by atoms with Gasteiger partial charge in [0.15, 0.2) is 5.76 Å². The summed E-state index contributed by atoms with van der Waals surface area (Å²) in [5.41, 5.74) is 2.79. The number of nitrogens with one attached hydrogen (secondary N) is 2. The Labute approximate surface area is 152 Å². The number of carbonyl (C=O) groups is 2. The van der Waals surface area contributed by atoms with E-state index >= 15 is 0 Å². The third-order valence-electron chi connectivity index (χ3n) is 3.93. The van der Waals surface area contributed by atoms with Crippen LogP contribution in [0.1, 0.15) is 28.1 Å². The van der Waals surface area contributed by atoms with Crippen LogP contribution in [0.3, 0.4) is 0 Å². The molecule has 0 saturated carbocycles. The van der Waals surface area contributed by atoms with Crippen molar-refractivity contribution in [3.63, 3.8) is 0 Å². The first-order chi connectivity index (χ1) is 12.7. The Balaban J connectivity index is 1.44. The maximum absolute atomic E-state index is 12.0. The van der Waals surface area contributed by atoms with Crippen molar-refractivity contribution in [1.82, 2.24) is 5.32 Å². The van der Waals surface area contributed by atoms with E-state index in [9.17, 15) is 9.59 Å². The van der Waals surface area contributed by atoms with Crippen LogP contribution in [-0.2, 0) is 17.8 Å². The van der Waals surface area contributed by atoms with E-state index in [0.29, 0.717) is 18.7 Å². The SMILES string of the molecule is O=C(CCc1ccccc1)NCc1ccc(NC(=O)c2ccco2)cc1. The van der Waals surface area contributed by atoms with Gasteiger partial charge in [-0.25, -0.2) is 0 Å². The Morgan fingerprint density at radius 3 is 2.31 bits per heavy atom. The van der Waals surface area contributed by atoms with Crippen molar-refractivity contribution >= 4 is 17.5 Å². The number of carbonyl (C=O) groups excluding carboxylic acids is 2. The topological polar surface area (TPSA) is 71.3 Å². The van der Waals surface area contributed by atoms with Crippen molar-refractivity contribution in [3.8, 4) is 0 Å². The zero-order valence-electron chi connectivity index (χ0n) is 14.3. The van der Waals surface area contributed by atoms with Crippen LogP contribution < -0.4 is 10.6 Å². The first-order valence-electron chi connectivity index (χ1n) is 8.45. The number of anilines is 1. The molecule has 2 aromatic carbocycles. The predicted molar refractivity (Wildman–Crippen MR) is 99.7 cm³/mol. The molecular formula is C21H20N2O3. The van der Waals surface area contributed by atoms with E-state index in [-0.39, 0.29) is 17.6 Å². The summed E-state index contributed by atoms with van der Waals surface area (Å²) in [7, 11) is 0. The fourth-order valence-electron chi connectivity index (χ4n) is 2.50. The molecule has 0 aliphatic heterocycles. The van der Waals surface area contributed by atoms with Gasteiger partial charge in [-0.2, -0.15) is 0 Å². The third kappa shape index (κ3) is 5.08. The van der Waals surface area contributed by atoms with Gasteiger partial charge in [-0.3, -0.25) is 9.59 Å². The second kappa shape index (κ2) is 8.67. The minimum atomic E-state index is -0.294. The molecule has 0 radical (unpaired) electrons. The van der Waals surface area contributed by atoms with Crippen LogP contribution in [0.15, 0.2) is 77.4 Å². The molecule has 0 atom stereocenters. The molecule has 2 N–H and O–H groups in total. The van der Waals surface area contributed by atoms with E-state index in [4.69, 9.17) is 4.42 Å². The van der Waals surface area contributed by atoms with E-state index in [1.807, 2.05) is 42.5 Å². The molecule has 2 amide bonds. The van der Waals surface area contributed by atoms with Crippen molar-refractivity contribution in [2.75, 3.05) is 5.32 Å². The van der Waals surface area contributed by atoms with E-state index in [1.54, 1.807) is 24.3 Å². The molecule has 1 aromatic heterocycles. The molecule has 0 unspecified atom stereocenters. The van der Waals surface area contributed by atoms with Gasteiger partial charge in [0.1, 0.15) is 0 Å². The lowest BCUT2D eigenvalue weighted by Crippen LogP contribution is -2.23. The average molecular weight is 348 g/mol. The van der Waals surface area contributed by atoms with Gasteiger partial charge in [-0.05, 0) is 41.8 Å². The number of furan rings is 1. The molecule has 5 heteroatoms. The van der Waals surface area contributed by atoms with Crippen molar-refractivity contribution in [2.45, 2.75) is 19.4 Å². The fourth-order valence-corrected chi connectivity index (χ4v) is 2.50. The molecule has 132 valence electrons. The van der Waals surface area contributed by atoms with Gasteiger partial charge in [0.05, 0.1) is 6.26 Å². The normalized spacial score (nSPS) is 10.3. The number of benzene rings is 2. The average Bonchev–Trinajstić information content (AvgIpc) is 3.22. The monoisotopic (exact) mass is 348 g/mol. The standard InChI is InChI=1S/C21H20N2O3/c24-20(13-10-16-5-2-1-3-6-16)22-15-17-8-11-18(12-9-17)23-21(25)19-7-4-14-26-19/h1-9,11-12,14H,10,13,15H2,(H,22,24)(H,23,25). The van der Waals surface area contributed by atoms with Crippen molar-refractivity contribution in [2.24, 2.45) is 0 Å². The summed E-state index contributed by atoms with van der Waals surface area (Å²) in [6.45, 7) is 0.458. The van der Waals surface area contributed by atoms with Crippen LogP contribution in [0.5, 0.6) is 0 Å². The van der Waals surface area contributed by atoms with Gasteiger partial charge in [-0.15, -0.1) is 0 Å². The van der Waals surface area contributed by atoms with Gasteiger partial charge in [-0.1, -0.05) is 42.5 Å². The third-order valence-corrected chi connectivity index (χ3v) is 3.93. The smallest absolute Gasteiger partial charge is 0.291 e. The maximum Gasteiger partial charge on any atom is 0.291 e. The number of hydrogen-bond donors (Lipinski definition) is 2. The molecule has 26 heavy (non-hydrogen) atoms. The Morgan fingerprint density at radius 2 is 1.62 bits per heavy atom. The summed E-state index contributed by atoms with van der Waals surface area (Å²) in [6, 6.07) is 20.5. The number of rotatable bonds is 7. The molecule has 0 bridgehead atoms. The van der Waals surface area contributed by atoms with Crippen LogP contribution in [-0.4, -0.2) is 11.8 Å². The van der Waals surface area contributed by atoms with E-state index in [0.717, 1.165) is 17.5 Å². The zero-order chi connectivity index (χ0) is 18.2. The van der Waals surface area contributed by atoms with Gasteiger partial charge in [0.2, 0.25) is 5.91 Å². The molecule has 3 rings (SSSR count). The zero-order valence-corrected chi connectivity index (χ0v) is 14.3. The van der Waals surface area contributed by atoms with E-state index in [2.05, 4.69) is 10.6 Å². The molecule has 0 spiro atoms. The Hall–Kier alpha value is -3.34. The minimum absolute atomic E-state index is 0.0176. The molecular weight excluding hydrogens is 328 g/mol. The van der Waals surface area contributed by atoms with Crippen LogP contribution in [0.4, 0.5) is 5.69 Å². The highest BCUT2D eigenvalue weighted by Gasteiger charge is 2.08. The molecule has 3 aromatic rings. The quantitative estimate of drug-likeness (QED) is 0.682. The van der Waals surface area contributed by atoms with Crippen molar-refractivity contribution < 1.29 is 14.0 Å². The van der Waals surface area contributed by atoms with Gasteiger partial charge >= 0.3 is 0 Å². The van der Waals surface area contributed by atoms with E-state index < -0.39 is 0 Å². The molecule has 0 aliphatic rings. The van der Waals surface area contributed by atoms with Crippen molar-refractivity contribution in [3.05, 3.63) is 89.9 Å². The highest BCUT2D eigenvalue weighted by atomic mass is 16.3. The Kier molecular flexibility index (Phi) is 5.83.